The summed E-state index contributed by atoms with van der Waals surface area (Å²) in [6.07, 6.45) is -1.60. The molecule has 0 aliphatic rings. The fourth-order valence-corrected chi connectivity index (χ4v) is 1.53. The SMILES string of the molecule is CN(C(=O)NCCC(O)C(=O)O)c1ccccc1C#N. The minimum atomic E-state index is -1.51. The van der Waals surface area contributed by atoms with Crippen LogP contribution in [0.25, 0.3) is 0 Å². The molecular weight excluding hydrogens is 262 g/mol. The Labute approximate surface area is 116 Å². The van der Waals surface area contributed by atoms with E-state index in [1.54, 1.807) is 24.3 Å². The molecule has 1 rings (SSSR count). The Hall–Kier alpha value is -2.59. The molecule has 7 heteroatoms. The zero-order valence-corrected chi connectivity index (χ0v) is 10.9. The molecule has 0 fully saturated rings. The molecule has 0 spiro atoms. The van der Waals surface area contributed by atoms with Gasteiger partial charge in [0.05, 0.1) is 11.3 Å². The van der Waals surface area contributed by atoms with E-state index in [2.05, 4.69) is 5.32 Å². The van der Waals surface area contributed by atoms with Crippen LogP contribution in [-0.2, 0) is 4.79 Å². The second-order valence-electron chi connectivity index (χ2n) is 4.06. The number of aliphatic hydroxyl groups is 1. The summed E-state index contributed by atoms with van der Waals surface area (Å²) in [6, 6.07) is 8.11. The number of aliphatic carboxylic acids is 1. The predicted molar refractivity (Wildman–Crippen MR) is 71.2 cm³/mol. The number of carbonyl (C=O) groups excluding carboxylic acids is 1. The minimum Gasteiger partial charge on any atom is -0.479 e. The van der Waals surface area contributed by atoms with Gasteiger partial charge in [-0.15, -0.1) is 0 Å². The standard InChI is InChI=1S/C13H15N3O4/c1-16(10-5-3-2-4-9(10)8-14)13(20)15-7-6-11(17)12(18)19/h2-5,11,17H,6-7H2,1H3,(H,15,20)(H,18,19). The maximum Gasteiger partial charge on any atom is 0.332 e. The molecule has 0 aliphatic carbocycles. The number of nitrogens with zero attached hydrogens (tertiary/aromatic N) is 2. The van der Waals surface area contributed by atoms with E-state index in [0.29, 0.717) is 11.3 Å². The van der Waals surface area contributed by atoms with Crippen LogP contribution in [-0.4, -0.2) is 41.9 Å². The first-order valence-electron chi connectivity index (χ1n) is 5.89. The molecule has 3 N–H and O–H groups in total. The highest BCUT2D eigenvalue weighted by Crippen LogP contribution is 2.17. The van der Waals surface area contributed by atoms with Crippen molar-refractivity contribution in [3.8, 4) is 6.07 Å². The zero-order chi connectivity index (χ0) is 15.1. The normalized spacial score (nSPS) is 11.2. The van der Waals surface area contributed by atoms with E-state index in [-0.39, 0.29) is 13.0 Å². The predicted octanol–water partition coefficient (Wildman–Crippen LogP) is 0.540. The number of carboxylic acid groups (broad SMARTS) is 1. The van der Waals surface area contributed by atoms with Gasteiger partial charge in [-0.3, -0.25) is 4.90 Å². The van der Waals surface area contributed by atoms with Crippen LogP contribution < -0.4 is 10.2 Å². The smallest absolute Gasteiger partial charge is 0.332 e. The Morgan fingerprint density at radius 3 is 2.70 bits per heavy atom. The number of nitriles is 1. The Morgan fingerprint density at radius 1 is 1.45 bits per heavy atom. The van der Waals surface area contributed by atoms with E-state index in [4.69, 9.17) is 15.5 Å². The fourth-order valence-electron chi connectivity index (χ4n) is 1.53. The highest BCUT2D eigenvalue weighted by Gasteiger charge is 2.16. The second kappa shape index (κ2) is 7.11. The van der Waals surface area contributed by atoms with Gasteiger partial charge in [-0.25, -0.2) is 9.59 Å². The molecule has 0 saturated carbocycles. The number of hydrogen-bond acceptors (Lipinski definition) is 4. The third-order valence-corrected chi connectivity index (χ3v) is 2.67. The van der Waals surface area contributed by atoms with Crippen molar-refractivity contribution < 1.29 is 19.8 Å². The van der Waals surface area contributed by atoms with E-state index < -0.39 is 18.1 Å². The maximum absolute atomic E-state index is 11.8. The van der Waals surface area contributed by atoms with E-state index >= 15 is 0 Å². The van der Waals surface area contributed by atoms with Gasteiger partial charge in [0.1, 0.15) is 6.07 Å². The van der Waals surface area contributed by atoms with Crippen molar-refractivity contribution >= 4 is 17.7 Å². The Morgan fingerprint density at radius 2 is 2.10 bits per heavy atom. The molecule has 2 amide bonds. The number of carbonyl (C=O) groups is 2. The number of amides is 2. The number of benzene rings is 1. The lowest BCUT2D eigenvalue weighted by atomic mass is 10.2. The molecule has 1 aromatic rings. The largest absolute Gasteiger partial charge is 0.479 e. The molecular formula is C13H15N3O4. The fraction of sp³-hybridized carbons (Fsp3) is 0.308. The highest BCUT2D eigenvalue weighted by molar-refractivity contribution is 5.92. The molecule has 1 unspecified atom stereocenters. The molecule has 0 saturated heterocycles. The third kappa shape index (κ3) is 3.96. The van der Waals surface area contributed by atoms with Crippen molar-refractivity contribution in [1.29, 1.82) is 5.26 Å². The lowest BCUT2D eigenvalue weighted by Crippen LogP contribution is -2.39. The number of rotatable bonds is 5. The average molecular weight is 277 g/mol. The van der Waals surface area contributed by atoms with Crippen molar-refractivity contribution in [2.75, 3.05) is 18.5 Å². The van der Waals surface area contributed by atoms with E-state index in [1.165, 1.54) is 11.9 Å². The average Bonchev–Trinajstić information content (AvgIpc) is 2.45. The van der Waals surface area contributed by atoms with Crippen LogP contribution in [0.15, 0.2) is 24.3 Å². The Bertz CT molecular complexity index is 539. The number of para-hydroxylation sites is 1. The molecule has 106 valence electrons. The monoisotopic (exact) mass is 277 g/mol. The number of nitrogens with one attached hydrogen (secondary N) is 1. The van der Waals surface area contributed by atoms with E-state index in [0.717, 1.165) is 0 Å². The Balaban J connectivity index is 2.60. The maximum atomic E-state index is 11.8. The zero-order valence-electron chi connectivity index (χ0n) is 10.9. The van der Waals surface area contributed by atoms with Crippen molar-refractivity contribution in [3.63, 3.8) is 0 Å². The van der Waals surface area contributed by atoms with Crippen LogP contribution in [0.5, 0.6) is 0 Å². The first kappa shape index (κ1) is 15.5. The van der Waals surface area contributed by atoms with Crippen LogP contribution in [0.2, 0.25) is 0 Å². The van der Waals surface area contributed by atoms with Crippen molar-refractivity contribution in [1.82, 2.24) is 5.32 Å². The molecule has 1 atom stereocenters. The molecule has 0 aliphatic heterocycles. The van der Waals surface area contributed by atoms with Crippen LogP contribution in [0, 0.1) is 11.3 Å². The van der Waals surface area contributed by atoms with Gasteiger partial charge >= 0.3 is 12.0 Å². The third-order valence-electron chi connectivity index (χ3n) is 2.67. The summed E-state index contributed by atoms with van der Waals surface area (Å²) >= 11 is 0. The van der Waals surface area contributed by atoms with Gasteiger partial charge in [-0.2, -0.15) is 5.26 Å². The number of hydrogen-bond donors (Lipinski definition) is 3. The lowest BCUT2D eigenvalue weighted by molar-refractivity contribution is -0.146. The van der Waals surface area contributed by atoms with Crippen molar-refractivity contribution in [2.45, 2.75) is 12.5 Å². The van der Waals surface area contributed by atoms with Gasteiger partial charge in [0.15, 0.2) is 6.10 Å². The molecule has 0 aromatic heterocycles. The molecule has 1 aromatic carbocycles. The van der Waals surface area contributed by atoms with Crippen LogP contribution in [0.3, 0.4) is 0 Å². The van der Waals surface area contributed by atoms with Gasteiger partial charge in [-0.05, 0) is 12.1 Å². The summed E-state index contributed by atoms with van der Waals surface area (Å²) in [7, 11) is 1.50. The van der Waals surface area contributed by atoms with E-state index in [1.807, 2.05) is 6.07 Å². The molecule has 0 bridgehead atoms. The van der Waals surface area contributed by atoms with Crippen LogP contribution >= 0.6 is 0 Å². The highest BCUT2D eigenvalue weighted by atomic mass is 16.4. The van der Waals surface area contributed by atoms with Gasteiger partial charge < -0.3 is 15.5 Å². The number of urea groups is 1. The van der Waals surface area contributed by atoms with Crippen LogP contribution in [0.1, 0.15) is 12.0 Å². The molecule has 0 radical (unpaired) electrons. The summed E-state index contributed by atoms with van der Waals surface area (Å²) in [6.45, 7) is 0.0192. The van der Waals surface area contributed by atoms with E-state index in [9.17, 15) is 9.59 Å². The topological polar surface area (TPSA) is 114 Å². The lowest BCUT2D eigenvalue weighted by Gasteiger charge is -2.19. The van der Waals surface area contributed by atoms with Crippen molar-refractivity contribution in [3.05, 3.63) is 29.8 Å². The molecule has 20 heavy (non-hydrogen) atoms. The minimum absolute atomic E-state index is 0.0192. The molecule has 7 nitrogen and oxygen atoms in total. The van der Waals surface area contributed by atoms with Gasteiger partial charge in [-0.1, -0.05) is 12.1 Å². The van der Waals surface area contributed by atoms with Gasteiger partial charge in [0.2, 0.25) is 0 Å². The Kier molecular flexibility index (Phi) is 5.50. The summed E-state index contributed by atoms with van der Waals surface area (Å²) in [5, 5.41) is 29.0. The summed E-state index contributed by atoms with van der Waals surface area (Å²) in [5.41, 5.74) is 0.807. The molecule has 0 heterocycles. The summed E-state index contributed by atoms with van der Waals surface area (Å²) < 4.78 is 0. The summed E-state index contributed by atoms with van der Waals surface area (Å²) in [5.74, 6) is -1.33. The summed E-state index contributed by atoms with van der Waals surface area (Å²) in [4.78, 5) is 23.5. The van der Waals surface area contributed by atoms with Crippen molar-refractivity contribution in [2.24, 2.45) is 0 Å². The number of carboxylic acids is 1. The quantitative estimate of drug-likeness (QED) is 0.726. The first-order chi connectivity index (χ1) is 9.47. The van der Waals surface area contributed by atoms with Gasteiger partial charge in [0.25, 0.3) is 0 Å². The first-order valence-corrected chi connectivity index (χ1v) is 5.89. The number of anilines is 1. The second-order valence-corrected chi connectivity index (χ2v) is 4.06. The van der Waals surface area contributed by atoms with Gasteiger partial charge in [0, 0.05) is 20.0 Å². The number of aliphatic hydroxyl groups excluding tert-OH is 1. The van der Waals surface area contributed by atoms with Crippen LogP contribution in [0.4, 0.5) is 10.5 Å².